The minimum absolute atomic E-state index is 0.0421. The van der Waals surface area contributed by atoms with Crippen molar-refractivity contribution in [1.82, 2.24) is 18.9 Å². The van der Waals surface area contributed by atoms with Crippen molar-refractivity contribution in [3.63, 3.8) is 0 Å². The van der Waals surface area contributed by atoms with Crippen molar-refractivity contribution in [2.24, 2.45) is 0 Å². The van der Waals surface area contributed by atoms with Crippen LogP contribution >= 0.6 is 23.4 Å². The van der Waals surface area contributed by atoms with Crippen molar-refractivity contribution in [1.29, 1.82) is 0 Å². The van der Waals surface area contributed by atoms with Crippen molar-refractivity contribution in [2.45, 2.75) is 13.1 Å². The minimum atomic E-state index is -0.0421. The molecule has 0 spiro atoms. The molecule has 2 aromatic carbocycles. The highest BCUT2D eigenvalue weighted by atomic mass is 35.5. The number of halogens is 1. The highest BCUT2D eigenvalue weighted by molar-refractivity contribution is 7.99. The Labute approximate surface area is 177 Å². The molecule has 3 heterocycles. The van der Waals surface area contributed by atoms with E-state index in [4.69, 9.17) is 11.6 Å². The van der Waals surface area contributed by atoms with E-state index >= 15 is 0 Å². The molecule has 0 N–H and O–H groups in total. The molecule has 0 radical (unpaired) electrons. The van der Waals surface area contributed by atoms with Crippen LogP contribution in [0.1, 0.15) is 11.3 Å². The summed E-state index contributed by atoms with van der Waals surface area (Å²) < 4.78 is 3.87. The fourth-order valence-corrected chi connectivity index (χ4v) is 5.13. The Morgan fingerprint density at radius 2 is 1.76 bits per heavy atom. The average Bonchev–Trinajstić information content (AvgIpc) is 3.17. The topological polar surface area (TPSA) is 42.5 Å². The van der Waals surface area contributed by atoms with E-state index < -0.39 is 0 Å². The maximum absolute atomic E-state index is 13.3. The summed E-state index contributed by atoms with van der Waals surface area (Å²) in [7, 11) is 0. The molecular formula is C22H21ClN4OS. The fraction of sp³-hybridized carbons (Fsp3) is 0.273. The lowest BCUT2D eigenvalue weighted by atomic mass is 10.2. The third kappa shape index (κ3) is 3.45. The van der Waals surface area contributed by atoms with E-state index in [0.29, 0.717) is 22.7 Å². The number of thioether (sulfide) groups is 1. The second-order valence-electron chi connectivity index (χ2n) is 7.27. The fourth-order valence-electron chi connectivity index (χ4n) is 3.95. The van der Waals surface area contributed by atoms with E-state index in [1.165, 1.54) is 0 Å². The third-order valence-electron chi connectivity index (χ3n) is 5.45. The Morgan fingerprint density at radius 3 is 2.59 bits per heavy atom. The van der Waals surface area contributed by atoms with Crippen LogP contribution < -0.4 is 5.56 Å². The monoisotopic (exact) mass is 424 g/mol. The molecule has 5 nitrogen and oxygen atoms in total. The van der Waals surface area contributed by atoms with E-state index in [1.807, 2.05) is 66.5 Å². The Hall–Kier alpha value is -2.28. The Bertz CT molecular complexity index is 1240. The molecule has 0 amide bonds. The molecular weight excluding hydrogens is 404 g/mol. The maximum atomic E-state index is 13.3. The molecule has 29 heavy (non-hydrogen) atoms. The van der Waals surface area contributed by atoms with Crippen molar-refractivity contribution in [2.75, 3.05) is 24.6 Å². The molecule has 4 aromatic rings. The van der Waals surface area contributed by atoms with Gasteiger partial charge in [-0.3, -0.25) is 18.7 Å². The lowest BCUT2D eigenvalue weighted by Gasteiger charge is -2.26. The van der Waals surface area contributed by atoms with Gasteiger partial charge in [0.05, 0.1) is 29.3 Å². The summed E-state index contributed by atoms with van der Waals surface area (Å²) in [6.07, 6.45) is 1.91. The molecule has 148 valence electrons. The molecule has 1 aliphatic rings. The van der Waals surface area contributed by atoms with Gasteiger partial charge in [0.2, 0.25) is 5.78 Å². The van der Waals surface area contributed by atoms with Crippen molar-refractivity contribution < 1.29 is 0 Å². The number of fused-ring (bicyclic) bond motifs is 3. The largest absolute Gasteiger partial charge is 0.296 e. The quantitative estimate of drug-likeness (QED) is 0.498. The molecule has 0 bridgehead atoms. The van der Waals surface area contributed by atoms with Gasteiger partial charge in [-0.25, -0.2) is 4.98 Å². The maximum Gasteiger partial charge on any atom is 0.263 e. The van der Waals surface area contributed by atoms with Crippen molar-refractivity contribution >= 4 is 40.0 Å². The van der Waals surface area contributed by atoms with Gasteiger partial charge in [-0.2, -0.15) is 11.8 Å². The third-order valence-corrected chi connectivity index (χ3v) is 6.77. The molecule has 7 heteroatoms. The standard InChI is InChI=1S/C22H21ClN4OS/c23-19-7-3-1-5-16(19)14-26-21(28)18-6-2-4-8-20(18)27-17(13-24-22(26)27)15-25-9-11-29-12-10-25/h1-8,13H,9-12,14-15H2. The molecule has 2 aromatic heterocycles. The number of hydrogen-bond acceptors (Lipinski definition) is 4. The first-order chi connectivity index (χ1) is 14.2. The summed E-state index contributed by atoms with van der Waals surface area (Å²) in [6, 6.07) is 15.4. The predicted octanol–water partition coefficient (Wildman–Crippen LogP) is 3.90. The number of hydrogen-bond donors (Lipinski definition) is 0. The molecule has 0 aliphatic carbocycles. The number of para-hydroxylation sites is 1. The smallest absolute Gasteiger partial charge is 0.263 e. The van der Waals surface area contributed by atoms with Gasteiger partial charge < -0.3 is 0 Å². The number of benzene rings is 2. The molecule has 0 saturated carbocycles. The zero-order valence-corrected chi connectivity index (χ0v) is 17.5. The summed E-state index contributed by atoms with van der Waals surface area (Å²) >= 11 is 8.38. The van der Waals surface area contributed by atoms with Gasteiger partial charge in [0, 0.05) is 36.2 Å². The summed E-state index contributed by atoms with van der Waals surface area (Å²) in [4.78, 5) is 20.4. The van der Waals surface area contributed by atoms with Gasteiger partial charge in [0.25, 0.3) is 5.56 Å². The van der Waals surface area contributed by atoms with Crippen LogP contribution in [-0.4, -0.2) is 43.4 Å². The summed E-state index contributed by atoms with van der Waals surface area (Å²) in [5.41, 5.74) is 2.88. The molecule has 1 aliphatic heterocycles. The van der Waals surface area contributed by atoms with Crippen LogP contribution in [0.3, 0.4) is 0 Å². The van der Waals surface area contributed by atoms with E-state index in [-0.39, 0.29) is 5.56 Å². The van der Waals surface area contributed by atoms with Gasteiger partial charge >= 0.3 is 0 Å². The molecule has 5 rings (SSSR count). The van der Waals surface area contributed by atoms with Crippen LogP contribution in [0.15, 0.2) is 59.5 Å². The SMILES string of the molecule is O=c1c2ccccc2n2c(CN3CCSCC3)cnc2n1Cc1ccccc1Cl. The number of nitrogens with zero attached hydrogens (tertiary/aromatic N) is 4. The normalized spacial score (nSPS) is 15.3. The van der Waals surface area contributed by atoms with Crippen molar-refractivity contribution in [3.8, 4) is 0 Å². The second-order valence-corrected chi connectivity index (χ2v) is 8.91. The zero-order chi connectivity index (χ0) is 19.8. The van der Waals surface area contributed by atoms with E-state index in [2.05, 4.69) is 14.3 Å². The van der Waals surface area contributed by atoms with Gasteiger partial charge in [0.15, 0.2) is 0 Å². The van der Waals surface area contributed by atoms with Crippen LogP contribution in [-0.2, 0) is 13.1 Å². The molecule has 0 atom stereocenters. The lowest BCUT2D eigenvalue weighted by Crippen LogP contribution is -2.32. The Morgan fingerprint density at radius 1 is 1.00 bits per heavy atom. The number of aromatic nitrogens is 3. The molecule has 1 saturated heterocycles. The highest BCUT2D eigenvalue weighted by Crippen LogP contribution is 2.21. The summed E-state index contributed by atoms with van der Waals surface area (Å²) in [5.74, 6) is 2.98. The highest BCUT2D eigenvalue weighted by Gasteiger charge is 2.18. The lowest BCUT2D eigenvalue weighted by molar-refractivity contribution is 0.290. The van der Waals surface area contributed by atoms with E-state index in [1.54, 1.807) is 4.57 Å². The first-order valence-corrected chi connectivity index (χ1v) is 11.3. The van der Waals surface area contributed by atoms with Gasteiger partial charge in [-0.1, -0.05) is 41.9 Å². The Kier molecular flexibility index (Phi) is 5.08. The molecule has 0 unspecified atom stereocenters. The minimum Gasteiger partial charge on any atom is -0.296 e. The van der Waals surface area contributed by atoms with Crippen molar-refractivity contribution in [3.05, 3.63) is 81.4 Å². The second kappa shape index (κ2) is 7.86. The number of rotatable bonds is 4. The van der Waals surface area contributed by atoms with E-state index in [0.717, 1.165) is 47.9 Å². The summed E-state index contributed by atoms with van der Waals surface area (Å²) in [5, 5.41) is 1.35. The predicted molar refractivity (Wildman–Crippen MR) is 120 cm³/mol. The van der Waals surface area contributed by atoms with Crippen LogP contribution in [0.25, 0.3) is 16.7 Å². The first-order valence-electron chi connectivity index (χ1n) is 9.74. The van der Waals surface area contributed by atoms with Gasteiger partial charge in [0.1, 0.15) is 0 Å². The zero-order valence-electron chi connectivity index (χ0n) is 15.9. The van der Waals surface area contributed by atoms with Gasteiger partial charge in [-0.05, 0) is 23.8 Å². The van der Waals surface area contributed by atoms with Gasteiger partial charge in [-0.15, -0.1) is 0 Å². The molecule has 1 fully saturated rings. The van der Waals surface area contributed by atoms with Crippen LogP contribution in [0.4, 0.5) is 0 Å². The number of imidazole rings is 1. The van der Waals surface area contributed by atoms with Crippen LogP contribution in [0, 0.1) is 0 Å². The van der Waals surface area contributed by atoms with Crippen LogP contribution in [0.2, 0.25) is 5.02 Å². The first kappa shape index (κ1) is 18.7. The Balaban J connectivity index is 1.69. The summed E-state index contributed by atoms with van der Waals surface area (Å²) in [6.45, 7) is 3.38. The van der Waals surface area contributed by atoms with Crippen LogP contribution in [0.5, 0.6) is 0 Å². The van der Waals surface area contributed by atoms with E-state index in [9.17, 15) is 4.79 Å². The average molecular weight is 425 g/mol.